The highest BCUT2D eigenvalue weighted by atomic mass is 79.9. The lowest BCUT2D eigenvalue weighted by atomic mass is 9.85. The Morgan fingerprint density at radius 2 is 1.83 bits per heavy atom. The van der Waals surface area contributed by atoms with Crippen molar-refractivity contribution in [3.05, 3.63) is 33.8 Å². The van der Waals surface area contributed by atoms with Crippen molar-refractivity contribution in [2.75, 3.05) is 0 Å². The van der Waals surface area contributed by atoms with Gasteiger partial charge in [-0.25, -0.2) is 0 Å². The van der Waals surface area contributed by atoms with Crippen molar-refractivity contribution in [2.45, 2.75) is 32.9 Å². The van der Waals surface area contributed by atoms with E-state index in [9.17, 15) is 18.0 Å². The number of carbonyl (C=O) groups excluding carboxylic acids is 1. The predicted octanol–water partition coefficient (Wildman–Crippen LogP) is 4.80. The fraction of sp³-hybridized carbons (Fsp3) is 0.462. The van der Waals surface area contributed by atoms with E-state index in [0.29, 0.717) is 10.0 Å². The molecule has 1 aromatic rings. The van der Waals surface area contributed by atoms with Crippen molar-refractivity contribution < 1.29 is 18.0 Å². The van der Waals surface area contributed by atoms with E-state index in [1.807, 2.05) is 13.8 Å². The summed E-state index contributed by atoms with van der Waals surface area (Å²) in [5, 5.41) is 0. The van der Waals surface area contributed by atoms with E-state index < -0.39 is 11.7 Å². The first-order chi connectivity index (χ1) is 8.14. The third-order valence-electron chi connectivity index (χ3n) is 2.77. The van der Waals surface area contributed by atoms with E-state index >= 15 is 0 Å². The van der Waals surface area contributed by atoms with Gasteiger partial charge in [-0.15, -0.1) is 0 Å². The van der Waals surface area contributed by atoms with E-state index in [0.717, 1.165) is 12.1 Å². The van der Waals surface area contributed by atoms with Crippen molar-refractivity contribution in [3.63, 3.8) is 0 Å². The molecule has 0 aliphatic heterocycles. The summed E-state index contributed by atoms with van der Waals surface area (Å²) >= 11 is 3.12. The predicted molar refractivity (Wildman–Crippen MR) is 67.4 cm³/mol. The molecule has 1 aromatic carbocycles. The molecule has 0 bridgehead atoms. The lowest BCUT2D eigenvalue weighted by molar-refractivity contribution is -0.137. The quantitative estimate of drug-likeness (QED) is 0.781. The van der Waals surface area contributed by atoms with Crippen LogP contribution < -0.4 is 0 Å². The van der Waals surface area contributed by atoms with Gasteiger partial charge < -0.3 is 0 Å². The second-order valence-electron chi connectivity index (χ2n) is 4.57. The molecule has 0 saturated heterocycles. The zero-order valence-electron chi connectivity index (χ0n) is 10.3. The number of carbonyl (C=O) groups is 1. The molecule has 0 spiro atoms. The number of hydrogen-bond donors (Lipinski definition) is 0. The molecule has 18 heavy (non-hydrogen) atoms. The zero-order valence-corrected chi connectivity index (χ0v) is 11.9. The topological polar surface area (TPSA) is 17.1 Å². The van der Waals surface area contributed by atoms with Crippen LogP contribution in [0, 0.1) is 5.92 Å². The van der Waals surface area contributed by atoms with Crippen molar-refractivity contribution in [1.29, 1.82) is 0 Å². The van der Waals surface area contributed by atoms with Crippen LogP contribution in [0.25, 0.3) is 0 Å². The minimum absolute atomic E-state index is 0.0375. The SMILES string of the molecule is CC(=O)C(c1ccc(C(F)(F)F)cc1Br)C(C)C. The van der Waals surface area contributed by atoms with E-state index in [-0.39, 0.29) is 17.6 Å². The Kier molecular flexibility index (Phi) is 4.59. The fourth-order valence-corrected chi connectivity index (χ4v) is 2.63. The first kappa shape index (κ1) is 15.2. The van der Waals surface area contributed by atoms with Crippen LogP contribution in [0.4, 0.5) is 13.2 Å². The molecule has 0 N–H and O–H groups in total. The second-order valence-corrected chi connectivity index (χ2v) is 5.42. The van der Waals surface area contributed by atoms with Gasteiger partial charge in [-0.1, -0.05) is 35.8 Å². The van der Waals surface area contributed by atoms with Gasteiger partial charge in [-0.05, 0) is 30.5 Å². The molecule has 0 saturated carbocycles. The number of ketones is 1. The van der Waals surface area contributed by atoms with E-state index in [1.54, 1.807) is 0 Å². The highest BCUT2D eigenvalue weighted by Crippen LogP contribution is 2.36. The van der Waals surface area contributed by atoms with Crippen LogP contribution in [0.2, 0.25) is 0 Å². The van der Waals surface area contributed by atoms with Crippen LogP contribution in [0.3, 0.4) is 0 Å². The van der Waals surface area contributed by atoms with Gasteiger partial charge in [0.1, 0.15) is 5.78 Å². The van der Waals surface area contributed by atoms with Gasteiger partial charge in [0.25, 0.3) is 0 Å². The van der Waals surface area contributed by atoms with Crippen molar-refractivity contribution in [1.82, 2.24) is 0 Å². The maximum Gasteiger partial charge on any atom is 0.416 e. The number of benzene rings is 1. The number of rotatable bonds is 3. The highest BCUT2D eigenvalue weighted by Gasteiger charge is 2.32. The van der Waals surface area contributed by atoms with E-state index in [2.05, 4.69) is 15.9 Å². The summed E-state index contributed by atoms with van der Waals surface area (Å²) in [6.45, 7) is 5.20. The lowest BCUT2D eigenvalue weighted by Crippen LogP contribution is -2.16. The minimum atomic E-state index is -4.37. The van der Waals surface area contributed by atoms with Crippen LogP contribution >= 0.6 is 15.9 Å². The summed E-state index contributed by atoms with van der Waals surface area (Å²) in [5.41, 5.74) is -0.116. The molecule has 1 atom stereocenters. The van der Waals surface area contributed by atoms with Crippen molar-refractivity contribution in [2.24, 2.45) is 5.92 Å². The number of Topliss-reactive ketones (excluding diaryl/α,β-unsaturated/α-hetero) is 1. The van der Waals surface area contributed by atoms with Gasteiger partial charge in [-0.2, -0.15) is 13.2 Å². The molecule has 1 unspecified atom stereocenters. The van der Waals surface area contributed by atoms with Crippen LogP contribution in [-0.4, -0.2) is 5.78 Å². The Morgan fingerprint density at radius 1 is 1.28 bits per heavy atom. The van der Waals surface area contributed by atoms with Gasteiger partial charge in [0.15, 0.2) is 0 Å². The standard InChI is InChI=1S/C13H14BrF3O/c1-7(2)12(8(3)18)10-5-4-9(6-11(10)14)13(15,16)17/h4-7,12H,1-3H3. The number of halogens is 4. The van der Waals surface area contributed by atoms with Crippen LogP contribution in [0.1, 0.15) is 37.8 Å². The average Bonchev–Trinajstić information content (AvgIpc) is 2.18. The molecular weight excluding hydrogens is 309 g/mol. The third-order valence-corrected chi connectivity index (χ3v) is 3.45. The fourth-order valence-electron chi connectivity index (χ4n) is 2.00. The normalized spacial score (nSPS) is 13.8. The smallest absolute Gasteiger partial charge is 0.299 e. The summed E-state index contributed by atoms with van der Waals surface area (Å²) in [7, 11) is 0. The largest absolute Gasteiger partial charge is 0.416 e. The molecule has 100 valence electrons. The minimum Gasteiger partial charge on any atom is -0.299 e. The zero-order chi connectivity index (χ0) is 14.1. The van der Waals surface area contributed by atoms with E-state index in [4.69, 9.17) is 0 Å². The Hall–Kier alpha value is -0.840. The maximum absolute atomic E-state index is 12.5. The lowest BCUT2D eigenvalue weighted by Gasteiger charge is -2.20. The van der Waals surface area contributed by atoms with Gasteiger partial charge in [0, 0.05) is 10.4 Å². The molecule has 1 rings (SSSR count). The molecule has 1 nitrogen and oxygen atoms in total. The van der Waals surface area contributed by atoms with E-state index in [1.165, 1.54) is 13.0 Å². The molecule has 0 heterocycles. The molecule has 0 radical (unpaired) electrons. The average molecular weight is 323 g/mol. The summed E-state index contributed by atoms with van der Waals surface area (Å²) in [4.78, 5) is 11.6. The van der Waals surface area contributed by atoms with Crippen molar-refractivity contribution >= 4 is 21.7 Å². The Labute approximate surface area is 113 Å². The Bertz CT molecular complexity index is 452. The monoisotopic (exact) mass is 322 g/mol. The number of alkyl halides is 3. The van der Waals surface area contributed by atoms with Crippen LogP contribution in [-0.2, 0) is 11.0 Å². The first-order valence-electron chi connectivity index (χ1n) is 5.51. The van der Waals surface area contributed by atoms with Gasteiger partial charge in [-0.3, -0.25) is 4.79 Å². The molecular formula is C13H14BrF3O. The van der Waals surface area contributed by atoms with Gasteiger partial charge >= 0.3 is 6.18 Å². The molecule has 0 amide bonds. The molecule has 5 heteroatoms. The summed E-state index contributed by atoms with van der Waals surface area (Å²) in [6.07, 6.45) is -4.37. The summed E-state index contributed by atoms with van der Waals surface area (Å²) in [6, 6.07) is 3.41. The van der Waals surface area contributed by atoms with Gasteiger partial charge in [0.2, 0.25) is 0 Å². The van der Waals surface area contributed by atoms with Crippen LogP contribution in [0.15, 0.2) is 22.7 Å². The van der Waals surface area contributed by atoms with Crippen molar-refractivity contribution in [3.8, 4) is 0 Å². The Morgan fingerprint density at radius 3 is 2.17 bits per heavy atom. The maximum atomic E-state index is 12.5. The molecule has 0 aromatic heterocycles. The molecule has 0 aliphatic carbocycles. The third kappa shape index (κ3) is 3.34. The summed E-state index contributed by atoms with van der Waals surface area (Å²) < 4.78 is 37.9. The summed E-state index contributed by atoms with van der Waals surface area (Å²) in [5.74, 6) is -0.400. The van der Waals surface area contributed by atoms with Gasteiger partial charge in [0.05, 0.1) is 5.56 Å². The highest BCUT2D eigenvalue weighted by molar-refractivity contribution is 9.10. The second kappa shape index (κ2) is 5.43. The Balaban J connectivity index is 3.24. The molecule has 0 aliphatic rings. The first-order valence-corrected chi connectivity index (χ1v) is 6.31. The molecule has 0 fully saturated rings. The van der Waals surface area contributed by atoms with Crippen LogP contribution in [0.5, 0.6) is 0 Å². The number of hydrogen-bond acceptors (Lipinski definition) is 1.